The van der Waals surface area contributed by atoms with E-state index in [0.717, 1.165) is 5.39 Å². The highest BCUT2D eigenvalue weighted by Gasteiger charge is 2.10. The number of hydrogen-bond acceptors (Lipinski definition) is 4. The zero-order chi connectivity index (χ0) is 14.1. The largest absolute Gasteiger partial charge is 0.435 e. The lowest BCUT2D eigenvalue weighted by Gasteiger charge is -2.10. The number of nitrogens with two attached hydrogens (primary N) is 1. The highest BCUT2D eigenvalue weighted by molar-refractivity contribution is 6.35. The van der Waals surface area contributed by atoms with E-state index in [4.69, 9.17) is 33.7 Å². The van der Waals surface area contributed by atoms with Crippen molar-refractivity contribution < 1.29 is 4.74 Å². The summed E-state index contributed by atoms with van der Waals surface area (Å²) in [6, 6.07) is 10.4. The minimum atomic E-state index is 0.242. The molecular weight excluding hydrogens is 297 g/mol. The van der Waals surface area contributed by atoms with E-state index in [-0.39, 0.29) is 5.88 Å². The molecule has 0 radical (unpaired) electrons. The van der Waals surface area contributed by atoms with Gasteiger partial charge < -0.3 is 10.5 Å². The summed E-state index contributed by atoms with van der Waals surface area (Å²) in [6.45, 7) is 0. The van der Waals surface area contributed by atoms with Crippen LogP contribution in [0.2, 0.25) is 10.2 Å². The molecule has 0 amide bonds. The van der Waals surface area contributed by atoms with Crippen molar-refractivity contribution in [3.63, 3.8) is 0 Å². The summed E-state index contributed by atoms with van der Waals surface area (Å²) in [5, 5.41) is 1.71. The third kappa shape index (κ3) is 2.35. The summed E-state index contributed by atoms with van der Waals surface area (Å²) in [5.74, 6) is 0.762. The van der Waals surface area contributed by atoms with Gasteiger partial charge in [-0.2, -0.15) is 4.98 Å². The van der Waals surface area contributed by atoms with Crippen LogP contribution in [0.3, 0.4) is 0 Å². The smallest absolute Gasteiger partial charge is 0.244 e. The Balaban J connectivity index is 2.11. The van der Waals surface area contributed by atoms with Crippen LogP contribution in [0.15, 0.2) is 42.6 Å². The van der Waals surface area contributed by atoms with Gasteiger partial charge in [0.1, 0.15) is 10.7 Å². The molecule has 3 rings (SSSR count). The van der Waals surface area contributed by atoms with Crippen LogP contribution in [-0.4, -0.2) is 9.97 Å². The van der Waals surface area contributed by atoms with Crippen molar-refractivity contribution in [3.8, 4) is 11.6 Å². The Hall–Kier alpha value is -2.04. The molecule has 0 aliphatic rings. The summed E-state index contributed by atoms with van der Waals surface area (Å²) < 4.78 is 5.72. The van der Waals surface area contributed by atoms with E-state index in [2.05, 4.69) is 9.97 Å². The molecule has 0 saturated heterocycles. The van der Waals surface area contributed by atoms with Gasteiger partial charge >= 0.3 is 0 Å². The van der Waals surface area contributed by atoms with Crippen molar-refractivity contribution in [2.75, 3.05) is 5.73 Å². The topological polar surface area (TPSA) is 61.0 Å². The minimum absolute atomic E-state index is 0.242. The van der Waals surface area contributed by atoms with Gasteiger partial charge in [-0.05, 0) is 36.4 Å². The van der Waals surface area contributed by atoms with Crippen molar-refractivity contribution in [2.45, 2.75) is 0 Å². The number of benzene rings is 1. The van der Waals surface area contributed by atoms with Gasteiger partial charge in [-0.3, -0.25) is 4.98 Å². The fourth-order valence-corrected chi connectivity index (χ4v) is 2.16. The number of nitrogens with zero attached hydrogens (tertiary/aromatic N) is 2. The van der Waals surface area contributed by atoms with Crippen LogP contribution < -0.4 is 10.5 Å². The van der Waals surface area contributed by atoms with Crippen LogP contribution in [-0.2, 0) is 0 Å². The van der Waals surface area contributed by atoms with Crippen LogP contribution >= 0.6 is 23.2 Å². The summed E-state index contributed by atoms with van der Waals surface area (Å²) >= 11 is 12.0. The molecule has 0 saturated carbocycles. The maximum Gasteiger partial charge on any atom is 0.244 e. The lowest BCUT2D eigenvalue weighted by molar-refractivity contribution is 0.470. The molecule has 0 fully saturated rings. The van der Waals surface area contributed by atoms with Gasteiger partial charge in [0.25, 0.3) is 0 Å². The molecule has 100 valence electrons. The molecule has 0 atom stereocenters. The molecule has 20 heavy (non-hydrogen) atoms. The van der Waals surface area contributed by atoms with E-state index < -0.39 is 0 Å². The first-order valence-corrected chi connectivity index (χ1v) is 6.54. The SMILES string of the molecule is Nc1ccc(Cl)nc1Oc1ccc(Cl)c2cccnc12. The Morgan fingerprint density at radius 2 is 1.90 bits per heavy atom. The average molecular weight is 306 g/mol. The molecule has 0 aliphatic carbocycles. The van der Waals surface area contributed by atoms with Gasteiger partial charge in [-0.25, -0.2) is 0 Å². The standard InChI is InChI=1S/C14H9Cl2N3O/c15-9-3-5-11(13-8(9)2-1-7-18-13)20-14-10(17)4-6-12(16)19-14/h1-7H,17H2. The Morgan fingerprint density at radius 3 is 2.75 bits per heavy atom. The lowest BCUT2D eigenvalue weighted by atomic mass is 10.2. The van der Waals surface area contributed by atoms with E-state index in [1.807, 2.05) is 12.1 Å². The van der Waals surface area contributed by atoms with Crippen LogP contribution in [0.4, 0.5) is 5.69 Å². The van der Waals surface area contributed by atoms with Gasteiger partial charge in [0.05, 0.1) is 10.7 Å². The molecule has 2 N–H and O–H groups in total. The molecule has 0 unspecified atom stereocenters. The monoisotopic (exact) mass is 305 g/mol. The maximum absolute atomic E-state index is 6.13. The van der Waals surface area contributed by atoms with Gasteiger partial charge in [0, 0.05) is 11.6 Å². The fraction of sp³-hybridized carbons (Fsp3) is 0. The van der Waals surface area contributed by atoms with Crippen LogP contribution in [0.1, 0.15) is 0 Å². The summed E-state index contributed by atoms with van der Waals surface area (Å²) in [5.41, 5.74) is 6.86. The Bertz CT molecular complexity index is 792. The maximum atomic E-state index is 6.13. The highest BCUT2D eigenvalue weighted by Crippen LogP contribution is 2.34. The van der Waals surface area contributed by atoms with Gasteiger partial charge in [-0.1, -0.05) is 23.2 Å². The number of pyridine rings is 2. The second-order valence-electron chi connectivity index (χ2n) is 4.08. The predicted octanol–water partition coefficient (Wildman–Crippen LogP) is 4.31. The van der Waals surface area contributed by atoms with Crippen LogP contribution in [0, 0.1) is 0 Å². The zero-order valence-electron chi connectivity index (χ0n) is 10.2. The summed E-state index contributed by atoms with van der Waals surface area (Å²) in [6.07, 6.45) is 1.67. The second-order valence-corrected chi connectivity index (χ2v) is 4.87. The number of halogens is 2. The third-order valence-electron chi connectivity index (χ3n) is 2.74. The third-order valence-corrected chi connectivity index (χ3v) is 3.28. The number of anilines is 1. The normalized spacial score (nSPS) is 10.7. The predicted molar refractivity (Wildman–Crippen MR) is 80.5 cm³/mol. The minimum Gasteiger partial charge on any atom is -0.435 e. The molecule has 0 bridgehead atoms. The zero-order valence-corrected chi connectivity index (χ0v) is 11.7. The van der Waals surface area contributed by atoms with Gasteiger partial charge in [0.15, 0.2) is 5.75 Å². The Kier molecular flexibility index (Phi) is 3.34. The molecule has 2 aromatic heterocycles. The Morgan fingerprint density at radius 1 is 1.05 bits per heavy atom. The van der Waals surface area contributed by atoms with Crippen molar-refractivity contribution in [3.05, 3.63) is 52.8 Å². The van der Waals surface area contributed by atoms with Crippen molar-refractivity contribution in [1.29, 1.82) is 0 Å². The van der Waals surface area contributed by atoms with Crippen LogP contribution in [0.5, 0.6) is 11.6 Å². The van der Waals surface area contributed by atoms with Gasteiger partial charge in [-0.15, -0.1) is 0 Å². The molecule has 1 aromatic carbocycles. The number of fused-ring (bicyclic) bond motifs is 1. The van der Waals surface area contributed by atoms with Crippen LogP contribution in [0.25, 0.3) is 10.9 Å². The number of hydrogen-bond donors (Lipinski definition) is 1. The van der Waals surface area contributed by atoms with E-state index in [0.29, 0.717) is 27.1 Å². The van der Waals surface area contributed by atoms with E-state index in [9.17, 15) is 0 Å². The quantitative estimate of drug-likeness (QED) is 0.717. The van der Waals surface area contributed by atoms with Gasteiger partial charge in [0.2, 0.25) is 5.88 Å². The van der Waals surface area contributed by atoms with E-state index in [1.54, 1.807) is 30.5 Å². The van der Waals surface area contributed by atoms with Crippen molar-refractivity contribution in [2.24, 2.45) is 0 Å². The van der Waals surface area contributed by atoms with E-state index >= 15 is 0 Å². The molecule has 6 heteroatoms. The molecule has 0 aliphatic heterocycles. The first-order valence-electron chi connectivity index (χ1n) is 5.78. The number of rotatable bonds is 2. The molecule has 0 spiro atoms. The molecule has 4 nitrogen and oxygen atoms in total. The van der Waals surface area contributed by atoms with Crippen molar-refractivity contribution in [1.82, 2.24) is 9.97 Å². The fourth-order valence-electron chi connectivity index (χ4n) is 1.81. The molecule has 3 aromatic rings. The first-order chi connectivity index (χ1) is 9.65. The Labute approximate surface area is 125 Å². The summed E-state index contributed by atoms with van der Waals surface area (Å²) in [4.78, 5) is 8.33. The molecule has 2 heterocycles. The summed E-state index contributed by atoms with van der Waals surface area (Å²) in [7, 11) is 0. The molecular formula is C14H9Cl2N3O. The number of nitrogen functional groups attached to an aromatic ring is 1. The first kappa shape index (κ1) is 13.0. The average Bonchev–Trinajstić information content (AvgIpc) is 2.46. The number of ether oxygens (including phenoxy) is 1. The second kappa shape index (κ2) is 5.15. The van der Waals surface area contributed by atoms with E-state index in [1.165, 1.54) is 0 Å². The number of aromatic nitrogens is 2. The highest BCUT2D eigenvalue weighted by atomic mass is 35.5. The van der Waals surface area contributed by atoms with Crippen molar-refractivity contribution >= 4 is 39.8 Å². The lowest BCUT2D eigenvalue weighted by Crippen LogP contribution is -1.96.